The molecule has 3 rings (SSSR count). The molecule has 7 heteroatoms. The van der Waals surface area contributed by atoms with E-state index < -0.39 is 11.9 Å². The van der Waals surface area contributed by atoms with Gasteiger partial charge in [-0.1, -0.05) is 29.3 Å². The number of esters is 2. The van der Waals surface area contributed by atoms with Gasteiger partial charge in [0, 0.05) is 12.5 Å². The number of nitrogens with zero attached hydrogens (tertiary/aromatic N) is 1. The molecule has 0 fully saturated rings. The predicted molar refractivity (Wildman–Crippen MR) is 106 cm³/mol. The summed E-state index contributed by atoms with van der Waals surface area (Å²) in [5.41, 5.74) is 2.50. The summed E-state index contributed by atoms with van der Waals surface area (Å²) in [7, 11) is 0. The topological polar surface area (TPSA) is 74.2 Å². The summed E-state index contributed by atoms with van der Waals surface area (Å²) in [5.74, 6) is -0.402. The number of rotatable bonds is 5. The molecule has 0 unspecified atom stereocenters. The van der Waals surface area contributed by atoms with Gasteiger partial charge in [-0.3, -0.25) is 4.79 Å². The third-order valence-corrected chi connectivity index (χ3v) is 4.08. The Hall–Kier alpha value is -3.12. The van der Waals surface area contributed by atoms with Gasteiger partial charge in [-0.2, -0.15) is 0 Å². The lowest BCUT2D eigenvalue weighted by molar-refractivity contribution is -0.132. The van der Waals surface area contributed by atoms with Crippen LogP contribution in [0.15, 0.2) is 47.1 Å². The molecule has 2 aromatic rings. The number of halogens is 1. The van der Waals surface area contributed by atoms with Gasteiger partial charge in [0.05, 0.1) is 11.6 Å². The van der Waals surface area contributed by atoms with Gasteiger partial charge in [-0.15, -0.1) is 0 Å². The second-order valence-electron chi connectivity index (χ2n) is 6.06. The lowest BCUT2D eigenvalue weighted by atomic mass is 10.1. The molecule has 0 spiro atoms. The first-order valence-electron chi connectivity index (χ1n) is 8.61. The maximum Gasteiger partial charge on any atom is 0.363 e. The molecule has 0 radical (unpaired) electrons. The second-order valence-corrected chi connectivity index (χ2v) is 6.47. The second kappa shape index (κ2) is 8.27. The molecule has 1 aliphatic rings. The van der Waals surface area contributed by atoms with E-state index in [0.717, 1.165) is 5.56 Å². The van der Waals surface area contributed by atoms with E-state index in [1.54, 1.807) is 19.1 Å². The van der Waals surface area contributed by atoms with Crippen LogP contribution in [0, 0.1) is 6.92 Å². The lowest BCUT2D eigenvalue weighted by Crippen LogP contribution is -2.05. The number of benzene rings is 2. The van der Waals surface area contributed by atoms with Crippen LogP contribution in [0.1, 0.15) is 30.5 Å². The first-order chi connectivity index (χ1) is 13.4. The maximum absolute atomic E-state index is 12.2. The number of hydrogen-bond acceptors (Lipinski definition) is 6. The Labute approximate surface area is 167 Å². The molecule has 0 aromatic heterocycles. The Morgan fingerprint density at radius 3 is 2.61 bits per heavy atom. The van der Waals surface area contributed by atoms with Crippen molar-refractivity contribution in [1.82, 2.24) is 0 Å². The van der Waals surface area contributed by atoms with E-state index in [4.69, 9.17) is 25.8 Å². The highest BCUT2D eigenvalue weighted by Crippen LogP contribution is 2.37. The minimum atomic E-state index is -0.561. The summed E-state index contributed by atoms with van der Waals surface area (Å²) in [6.45, 7) is 5.39. The minimum Gasteiger partial charge on any atom is -0.490 e. The molecule has 0 saturated heterocycles. The Kier molecular flexibility index (Phi) is 5.80. The van der Waals surface area contributed by atoms with Crippen LogP contribution in [-0.4, -0.2) is 24.4 Å². The zero-order valence-electron chi connectivity index (χ0n) is 15.6. The van der Waals surface area contributed by atoms with Crippen LogP contribution in [-0.2, 0) is 14.3 Å². The number of aryl methyl sites for hydroxylation is 1. The van der Waals surface area contributed by atoms with E-state index in [0.29, 0.717) is 23.5 Å². The molecular formula is C21H18ClNO5. The molecular weight excluding hydrogens is 382 g/mol. The summed E-state index contributed by atoms with van der Waals surface area (Å²) in [4.78, 5) is 27.8. The zero-order valence-corrected chi connectivity index (χ0v) is 16.4. The predicted octanol–water partition coefficient (Wildman–Crippen LogP) is 4.32. The van der Waals surface area contributed by atoms with Crippen molar-refractivity contribution in [2.75, 3.05) is 6.61 Å². The van der Waals surface area contributed by atoms with Crippen molar-refractivity contribution in [3.8, 4) is 11.5 Å². The van der Waals surface area contributed by atoms with Gasteiger partial charge < -0.3 is 14.2 Å². The molecule has 0 saturated carbocycles. The highest BCUT2D eigenvalue weighted by molar-refractivity contribution is 6.32. The number of aliphatic imine (C=N–C) groups is 1. The standard InChI is InChI=1S/C21H18ClNO5/c1-4-26-18-11-14(9-16(22)19(18)27-13(3)24)10-17-21(25)28-20(23-17)15-7-5-12(2)6-8-15/h5-11H,4H2,1-3H3/b17-10-. The fourth-order valence-corrected chi connectivity index (χ4v) is 2.82. The summed E-state index contributed by atoms with van der Waals surface area (Å²) in [5, 5.41) is 0.183. The summed E-state index contributed by atoms with van der Waals surface area (Å²) < 4.78 is 15.9. The van der Waals surface area contributed by atoms with Crippen molar-refractivity contribution in [2.45, 2.75) is 20.8 Å². The first kappa shape index (κ1) is 19.6. The number of carbonyl (C=O) groups excluding carboxylic acids is 2. The van der Waals surface area contributed by atoms with Crippen molar-refractivity contribution < 1.29 is 23.8 Å². The SMILES string of the molecule is CCOc1cc(/C=C2\N=C(c3ccc(C)cc3)OC2=O)cc(Cl)c1OC(C)=O. The van der Waals surface area contributed by atoms with Crippen molar-refractivity contribution >= 4 is 35.5 Å². The van der Waals surface area contributed by atoms with Gasteiger partial charge in [-0.05, 0) is 49.8 Å². The van der Waals surface area contributed by atoms with Crippen molar-refractivity contribution in [3.63, 3.8) is 0 Å². The maximum atomic E-state index is 12.2. The molecule has 1 heterocycles. The molecule has 1 aliphatic heterocycles. The van der Waals surface area contributed by atoms with Crippen LogP contribution in [0.25, 0.3) is 6.08 Å². The van der Waals surface area contributed by atoms with Crippen LogP contribution in [0.5, 0.6) is 11.5 Å². The number of ether oxygens (including phenoxy) is 3. The first-order valence-corrected chi connectivity index (χ1v) is 8.99. The third-order valence-electron chi connectivity index (χ3n) is 3.80. The van der Waals surface area contributed by atoms with Crippen LogP contribution in [0.3, 0.4) is 0 Å². The average Bonchev–Trinajstić information content (AvgIpc) is 2.99. The lowest BCUT2D eigenvalue weighted by Gasteiger charge is -2.12. The summed E-state index contributed by atoms with van der Waals surface area (Å²) >= 11 is 6.24. The Bertz CT molecular complexity index is 993. The smallest absolute Gasteiger partial charge is 0.363 e. The Balaban J connectivity index is 1.96. The molecule has 144 valence electrons. The number of cyclic esters (lactones) is 1. The van der Waals surface area contributed by atoms with Gasteiger partial charge in [0.1, 0.15) is 0 Å². The molecule has 2 aromatic carbocycles. The average molecular weight is 400 g/mol. The molecule has 28 heavy (non-hydrogen) atoms. The normalized spacial score (nSPS) is 14.6. The highest BCUT2D eigenvalue weighted by Gasteiger charge is 2.24. The van der Waals surface area contributed by atoms with E-state index in [2.05, 4.69) is 4.99 Å². The van der Waals surface area contributed by atoms with Gasteiger partial charge in [-0.25, -0.2) is 9.79 Å². The third kappa shape index (κ3) is 4.40. The van der Waals surface area contributed by atoms with Gasteiger partial charge in [0.25, 0.3) is 0 Å². The molecule has 0 N–H and O–H groups in total. The van der Waals surface area contributed by atoms with Crippen molar-refractivity contribution in [1.29, 1.82) is 0 Å². The van der Waals surface area contributed by atoms with Crippen LogP contribution in [0.2, 0.25) is 5.02 Å². The van der Waals surface area contributed by atoms with Crippen molar-refractivity contribution in [2.24, 2.45) is 4.99 Å². The van der Waals surface area contributed by atoms with E-state index >= 15 is 0 Å². The molecule has 0 atom stereocenters. The minimum absolute atomic E-state index is 0.134. The quantitative estimate of drug-likeness (QED) is 0.425. The Morgan fingerprint density at radius 1 is 1.25 bits per heavy atom. The fraction of sp³-hybridized carbons (Fsp3) is 0.190. The number of hydrogen-bond donors (Lipinski definition) is 0. The van der Waals surface area contributed by atoms with Gasteiger partial charge in [0.2, 0.25) is 5.90 Å². The van der Waals surface area contributed by atoms with Crippen LogP contribution >= 0.6 is 11.6 Å². The number of carbonyl (C=O) groups is 2. The fourth-order valence-electron chi connectivity index (χ4n) is 2.56. The summed E-state index contributed by atoms with van der Waals surface area (Å²) in [6.07, 6.45) is 1.54. The largest absolute Gasteiger partial charge is 0.490 e. The zero-order chi connectivity index (χ0) is 20.3. The molecule has 0 bridgehead atoms. The van der Waals surface area contributed by atoms with Gasteiger partial charge >= 0.3 is 11.9 Å². The van der Waals surface area contributed by atoms with Crippen LogP contribution in [0.4, 0.5) is 0 Å². The molecule has 0 aliphatic carbocycles. The highest BCUT2D eigenvalue weighted by atomic mass is 35.5. The van der Waals surface area contributed by atoms with E-state index in [1.165, 1.54) is 13.0 Å². The monoisotopic (exact) mass is 399 g/mol. The Morgan fingerprint density at radius 2 is 1.96 bits per heavy atom. The molecule has 6 nitrogen and oxygen atoms in total. The molecule has 0 amide bonds. The van der Waals surface area contributed by atoms with Gasteiger partial charge in [0.15, 0.2) is 17.2 Å². The van der Waals surface area contributed by atoms with E-state index in [-0.39, 0.29) is 22.4 Å². The van der Waals surface area contributed by atoms with Crippen molar-refractivity contribution in [3.05, 3.63) is 63.8 Å². The van der Waals surface area contributed by atoms with Crippen LogP contribution < -0.4 is 9.47 Å². The van der Waals surface area contributed by atoms with E-state index in [9.17, 15) is 9.59 Å². The van der Waals surface area contributed by atoms with E-state index in [1.807, 2.05) is 31.2 Å². The summed E-state index contributed by atoms with van der Waals surface area (Å²) in [6, 6.07) is 10.7.